The molecule has 3 heterocycles. The third-order valence-corrected chi connectivity index (χ3v) is 4.72. The molecule has 7 nitrogen and oxygen atoms in total. The summed E-state index contributed by atoms with van der Waals surface area (Å²) in [5.41, 5.74) is 2.42. The Hall–Kier alpha value is -2.19. The van der Waals surface area contributed by atoms with Crippen LogP contribution in [-0.2, 0) is 22.6 Å². The lowest BCUT2D eigenvalue weighted by atomic mass is 10.1. The highest BCUT2D eigenvalue weighted by Crippen LogP contribution is 2.15. The van der Waals surface area contributed by atoms with Crippen molar-refractivity contribution in [3.63, 3.8) is 0 Å². The van der Waals surface area contributed by atoms with Gasteiger partial charge in [0.25, 0.3) is 0 Å². The summed E-state index contributed by atoms with van der Waals surface area (Å²) in [5.74, 6) is -0.775. The minimum atomic E-state index is -0.882. The van der Waals surface area contributed by atoms with Crippen molar-refractivity contribution in [1.82, 2.24) is 14.8 Å². The molecule has 0 radical (unpaired) electrons. The maximum atomic E-state index is 12.5. The number of carbonyl (C=O) groups excluding carboxylic acids is 1. The summed E-state index contributed by atoms with van der Waals surface area (Å²) in [6.07, 6.45) is 1.82. The van der Waals surface area contributed by atoms with Crippen LogP contribution in [0.25, 0.3) is 0 Å². The van der Waals surface area contributed by atoms with Crippen molar-refractivity contribution in [1.29, 1.82) is 0 Å². The van der Waals surface area contributed by atoms with Crippen molar-refractivity contribution in [3.05, 3.63) is 40.7 Å². The SMILES string of the molecule is O=C(O)C1CN(Cc2ccco2)CCN(C(=O)Cc2cscn2)C1. The van der Waals surface area contributed by atoms with E-state index in [1.54, 1.807) is 16.7 Å². The number of carboxylic acids is 1. The number of carbonyl (C=O) groups is 2. The van der Waals surface area contributed by atoms with Gasteiger partial charge in [-0.2, -0.15) is 0 Å². The first-order valence-electron chi connectivity index (χ1n) is 7.74. The van der Waals surface area contributed by atoms with E-state index in [1.807, 2.05) is 22.4 Å². The van der Waals surface area contributed by atoms with E-state index in [-0.39, 0.29) is 18.9 Å². The fourth-order valence-electron chi connectivity index (χ4n) is 2.82. The largest absolute Gasteiger partial charge is 0.481 e. The Morgan fingerprint density at radius 2 is 2.25 bits per heavy atom. The fourth-order valence-corrected chi connectivity index (χ4v) is 3.38. The maximum absolute atomic E-state index is 12.5. The molecule has 8 heteroatoms. The molecule has 1 aliphatic heterocycles. The van der Waals surface area contributed by atoms with Crippen molar-refractivity contribution in [2.45, 2.75) is 13.0 Å². The molecule has 1 atom stereocenters. The van der Waals surface area contributed by atoms with Gasteiger partial charge in [-0.15, -0.1) is 11.3 Å². The Kier molecular flexibility index (Phi) is 5.27. The highest BCUT2D eigenvalue weighted by atomic mass is 32.1. The van der Waals surface area contributed by atoms with Gasteiger partial charge in [0, 0.05) is 31.6 Å². The third kappa shape index (κ3) is 4.21. The topological polar surface area (TPSA) is 86.9 Å². The summed E-state index contributed by atoms with van der Waals surface area (Å²) in [5, 5.41) is 11.3. The van der Waals surface area contributed by atoms with Gasteiger partial charge >= 0.3 is 5.97 Å². The molecule has 1 saturated heterocycles. The monoisotopic (exact) mass is 349 g/mol. The molecule has 2 aromatic heterocycles. The molecule has 0 spiro atoms. The summed E-state index contributed by atoms with van der Waals surface area (Å²) in [7, 11) is 0. The average Bonchev–Trinajstić information content (AvgIpc) is 3.19. The van der Waals surface area contributed by atoms with Crippen molar-refractivity contribution in [2.24, 2.45) is 5.92 Å². The van der Waals surface area contributed by atoms with Crippen LogP contribution in [0.15, 0.2) is 33.7 Å². The van der Waals surface area contributed by atoms with Gasteiger partial charge in [0.15, 0.2) is 0 Å². The number of amides is 1. The molecule has 0 bridgehead atoms. The number of thiazole rings is 1. The van der Waals surface area contributed by atoms with Crippen LogP contribution in [-0.4, -0.2) is 57.9 Å². The van der Waals surface area contributed by atoms with Crippen molar-refractivity contribution < 1.29 is 19.1 Å². The van der Waals surface area contributed by atoms with Crippen LogP contribution in [0.1, 0.15) is 11.5 Å². The number of carboxylic acid groups (broad SMARTS) is 1. The lowest BCUT2D eigenvalue weighted by Crippen LogP contribution is -2.38. The Morgan fingerprint density at radius 1 is 1.38 bits per heavy atom. The molecule has 1 fully saturated rings. The molecule has 0 aromatic carbocycles. The molecule has 128 valence electrons. The number of nitrogens with zero attached hydrogens (tertiary/aromatic N) is 3. The standard InChI is InChI=1S/C16H19N3O4S/c20-15(6-13-10-24-11-17-13)19-4-3-18(7-12(8-19)16(21)22)9-14-2-1-5-23-14/h1-2,5,10-12H,3-4,6-9H2,(H,21,22). The minimum Gasteiger partial charge on any atom is -0.481 e. The van der Waals surface area contributed by atoms with E-state index >= 15 is 0 Å². The Balaban J connectivity index is 1.66. The van der Waals surface area contributed by atoms with E-state index < -0.39 is 11.9 Å². The highest BCUT2D eigenvalue weighted by molar-refractivity contribution is 7.07. The lowest BCUT2D eigenvalue weighted by Gasteiger charge is -2.21. The summed E-state index contributed by atoms with van der Waals surface area (Å²) in [4.78, 5) is 31.8. The highest BCUT2D eigenvalue weighted by Gasteiger charge is 2.30. The Morgan fingerprint density at radius 3 is 2.92 bits per heavy atom. The normalized spacial score (nSPS) is 19.2. The van der Waals surface area contributed by atoms with E-state index in [0.717, 1.165) is 11.5 Å². The smallest absolute Gasteiger partial charge is 0.309 e. The van der Waals surface area contributed by atoms with Gasteiger partial charge in [-0.1, -0.05) is 0 Å². The summed E-state index contributed by atoms with van der Waals surface area (Å²) < 4.78 is 5.34. The molecule has 2 aromatic rings. The minimum absolute atomic E-state index is 0.0769. The van der Waals surface area contributed by atoms with Crippen LogP contribution in [0.4, 0.5) is 0 Å². The summed E-state index contributed by atoms with van der Waals surface area (Å²) in [6, 6.07) is 3.68. The first-order chi connectivity index (χ1) is 11.6. The molecule has 3 rings (SSSR count). The molecule has 1 unspecified atom stereocenters. The quantitative estimate of drug-likeness (QED) is 0.876. The molecule has 1 aliphatic rings. The van der Waals surface area contributed by atoms with Crippen LogP contribution in [0.3, 0.4) is 0 Å². The van der Waals surface area contributed by atoms with Gasteiger partial charge in [0.2, 0.25) is 5.91 Å². The molecule has 24 heavy (non-hydrogen) atoms. The zero-order valence-electron chi connectivity index (χ0n) is 13.1. The van der Waals surface area contributed by atoms with Gasteiger partial charge in [-0.25, -0.2) is 4.98 Å². The van der Waals surface area contributed by atoms with Gasteiger partial charge in [0.1, 0.15) is 5.76 Å². The number of hydrogen-bond acceptors (Lipinski definition) is 6. The fraction of sp³-hybridized carbons (Fsp3) is 0.438. The van der Waals surface area contributed by atoms with Crippen molar-refractivity contribution in [3.8, 4) is 0 Å². The molecular weight excluding hydrogens is 330 g/mol. The van der Waals surface area contributed by atoms with Gasteiger partial charge in [-0.05, 0) is 12.1 Å². The number of aliphatic carboxylic acids is 1. The van der Waals surface area contributed by atoms with Crippen LogP contribution in [0.2, 0.25) is 0 Å². The molecular formula is C16H19N3O4S. The Bertz CT molecular complexity index is 672. The summed E-state index contributed by atoms with van der Waals surface area (Å²) >= 11 is 1.45. The Labute approximate surface area is 143 Å². The zero-order valence-corrected chi connectivity index (χ0v) is 13.9. The van der Waals surface area contributed by atoms with Gasteiger partial charge in [0.05, 0.1) is 36.4 Å². The molecule has 1 amide bonds. The molecule has 0 saturated carbocycles. The maximum Gasteiger partial charge on any atom is 0.309 e. The van der Waals surface area contributed by atoms with E-state index in [4.69, 9.17) is 4.42 Å². The van der Waals surface area contributed by atoms with Crippen LogP contribution >= 0.6 is 11.3 Å². The average molecular weight is 349 g/mol. The van der Waals surface area contributed by atoms with Crippen molar-refractivity contribution >= 4 is 23.2 Å². The lowest BCUT2D eigenvalue weighted by molar-refractivity contribution is -0.143. The van der Waals surface area contributed by atoms with E-state index in [9.17, 15) is 14.7 Å². The van der Waals surface area contributed by atoms with Crippen molar-refractivity contribution in [2.75, 3.05) is 26.2 Å². The number of hydrogen-bond donors (Lipinski definition) is 1. The van der Waals surface area contributed by atoms with Crippen LogP contribution in [0, 0.1) is 5.92 Å². The third-order valence-electron chi connectivity index (χ3n) is 4.08. The predicted molar refractivity (Wildman–Crippen MR) is 87.5 cm³/mol. The predicted octanol–water partition coefficient (Wildman–Crippen LogP) is 1.32. The number of furan rings is 1. The molecule has 0 aliphatic carbocycles. The van der Waals surface area contributed by atoms with E-state index in [1.165, 1.54) is 11.3 Å². The van der Waals surface area contributed by atoms with Crippen LogP contribution in [0.5, 0.6) is 0 Å². The van der Waals surface area contributed by atoms with Crippen LogP contribution < -0.4 is 0 Å². The second-order valence-electron chi connectivity index (χ2n) is 5.85. The van der Waals surface area contributed by atoms with E-state index in [2.05, 4.69) is 4.98 Å². The second-order valence-corrected chi connectivity index (χ2v) is 6.56. The first kappa shape index (κ1) is 16.7. The molecule has 1 N–H and O–H groups in total. The number of rotatable bonds is 5. The van der Waals surface area contributed by atoms with E-state index in [0.29, 0.717) is 26.2 Å². The first-order valence-corrected chi connectivity index (χ1v) is 8.68. The zero-order chi connectivity index (χ0) is 16.9. The number of aromatic nitrogens is 1. The second kappa shape index (κ2) is 7.59. The summed E-state index contributed by atoms with van der Waals surface area (Å²) in [6.45, 7) is 2.30. The van der Waals surface area contributed by atoms with Gasteiger partial charge < -0.3 is 14.4 Å². The van der Waals surface area contributed by atoms with Gasteiger partial charge in [-0.3, -0.25) is 14.5 Å².